The second-order valence-corrected chi connectivity index (χ2v) is 14.4. The van der Waals surface area contributed by atoms with Crippen molar-refractivity contribution >= 4 is 43.1 Å². The van der Waals surface area contributed by atoms with Crippen LogP contribution in [0.25, 0.3) is 43.1 Å². The highest BCUT2D eigenvalue weighted by Gasteiger charge is 2.41. The Balaban J connectivity index is 1.34. The van der Waals surface area contributed by atoms with Crippen LogP contribution in [-0.4, -0.2) is 15.3 Å². The zero-order chi connectivity index (χ0) is 31.1. The molecule has 0 saturated heterocycles. The Bertz CT molecular complexity index is 2050. The molecule has 4 heteroatoms. The molecule has 4 nitrogen and oxygen atoms in total. The van der Waals surface area contributed by atoms with Crippen molar-refractivity contribution in [3.05, 3.63) is 89.5 Å². The molecule has 2 fully saturated rings. The summed E-state index contributed by atoms with van der Waals surface area (Å²) < 4.78 is 7.17. The van der Waals surface area contributed by atoms with Crippen molar-refractivity contribution in [3.63, 3.8) is 0 Å². The summed E-state index contributed by atoms with van der Waals surface area (Å²) in [4.78, 5) is 0. The first-order chi connectivity index (χ1) is 22.4. The lowest BCUT2D eigenvalue weighted by atomic mass is 9.65. The van der Waals surface area contributed by atoms with Gasteiger partial charge in [0.05, 0.1) is 0 Å². The highest BCUT2D eigenvalue weighted by Crippen LogP contribution is 2.60. The van der Waals surface area contributed by atoms with Gasteiger partial charge in [-0.05, 0) is 131 Å². The van der Waals surface area contributed by atoms with Gasteiger partial charge in [0.1, 0.15) is 28.7 Å². The van der Waals surface area contributed by atoms with Crippen LogP contribution in [0, 0.1) is 24.7 Å². The number of phenolic OH excluding ortho intramolecular Hbond substituents is 3. The third-order valence-electron chi connectivity index (χ3n) is 11.8. The zero-order valence-corrected chi connectivity index (χ0v) is 26.4. The smallest absolute Gasteiger partial charge is 0.139 e. The lowest BCUT2D eigenvalue weighted by molar-refractivity contribution is 0.159. The van der Waals surface area contributed by atoms with Crippen molar-refractivity contribution in [3.8, 4) is 28.7 Å². The van der Waals surface area contributed by atoms with Gasteiger partial charge in [-0.3, -0.25) is 0 Å². The minimum atomic E-state index is 0.0970. The number of hydrogen-bond acceptors (Lipinski definition) is 4. The van der Waals surface area contributed by atoms with Crippen molar-refractivity contribution in [2.24, 2.45) is 17.8 Å². The summed E-state index contributed by atoms with van der Waals surface area (Å²) in [6.45, 7) is 2.13. The zero-order valence-electron chi connectivity index (χ0n) is 26.4. The summed E-state index contributed by atoms with van der Waals surface area (Å²) in [5.41, 5.74) is 3.63. The van der Waals surface area contributed by atoms with Crippen LogP contribution in [0.5, 0.6) is 28.7 Å². The fourth-order valence-electron chi connectivity index (χ4n) is 9.66. The molecular formula is C42H40O4. The van der Waals surface area contributed by atoms with E-state index in [1.54, 1.807) is 24.3 Å². The van der Waals surface area contributed by atoms with Gasteiger partial charge in [0.15, 0.2) is 0 Å². The van der Waals surface area contributed by atoms with Crippen molar-refractivity contribution in [2.45, 2.75) is 70.6 Å². The average molecular weight is 609 g/mol. The summed E-state index contributed by atoms with van der Waals surface area (Å²) in [6.07, 6.45) is 11.9. The third kappa shape index (κ3) is 4.26. The molecule has 0 bridgehead atoms. The Kier molecular flexibility index (Phi) is 6.39. The summed E-state index contributed by atoms with van der Waals surface area (Å²) >= 11 is 0. The molecule has 232 valence electrons. The molecule has 3 aliphatic rings. The Hall–Kier alpha value is -4.44. The molecule has 2 aliphatic carbocycles. The maximum atomic E-state index is 10.7. The third-order valence-corrected chi connectivity index (χ3v) is 11.8. The summed E-state index contributed by atoms with van der Waals surface area (Å²) in [5, 5.41) is 40.0. The van der Waals surface area contributed by atoms with Gasteiger partial charge in [0.25, 0.3) is 0 Å². The van der Waals surface area contributed by atoms with E-state index in [9.17, 15) is 15.3 Å². The number of fused-ring (bicyclic) bond motifs is 12. The fourth-order valence-corrected chi connectivity index (χ4v) is 9.66. The molecule has 6 aromatic rings. The summed E-state index contributed by atoms with van der Waals surface area (Å²) in [7, 11) is 0. The van der Waals surface area contributed by atoms with E-state index in [1.165, 1.54) is 79.9 Å². The van der Waals surface area contributed by atoms with Gasteiger partial charge < -0.3 is 20.1 Å². The molecule has 2 saturated carbocycles. The Morgan fingerprint density at radius 3 is 1.46 bits per heavy atom. The number of aromatic hydroxyl groups is 3. The molecule has 0 aromatic heterocycles. The molecule has 9 rings (SSSR count). The standard InChI is InChI=1S/C42H40O4/c1-23-7-15-30-34(19-23)36-21-28(44)13-17-32(36)41-39(30)38(26-10-8-25(9-11-26)24-5-3-2-4-6-24)40-31-16-12-27(43)20-35(31)37-22-29(45)14-18-33(37)42(40)46-41/h7,12-22,24-26,38,43-45H,2-6,8-11H2,1H3. The highest BCUT2D eigenvalue weighted by molar-refractivity contribution is 6.17. The van der Waals surface area contributed by atoms with Gasteiger partial charge in [-0.2, -0.15) is 0 Å². The van der Waals surface area contributed by atoms with E-state index in [0.717, 1.165) is 61.0 Å². The van der Waals surface area contributed by atoms with Crippen molar-refractivity contribution in [2.75, 3.05) is 0 Å². The van der Waals surface area contributed by atoms with E-state index in [-0.39, 0.29) is 23.2 Å². The minimum absolute atomic E-state index is 0.0970. The highest BCUT2D eigenvalue weighted by atomic mass is 16.5. The van der Waals surface area contributed by atoms with Crippen molar-refractivity contribution < 1.29 is 20.1 Å². The van der Waals surface area contributed by atoms with Crippen LogP contribution in [0.3, 0.4) is 0 Å². The van der Waals surface area contributed by atoms with Crippen LogP contribution < -0.4 is 4.74 Å². The monoisotopic (exact) mass is 608 g/mol. The first-order valence-electron chi connectivity index (χ1n) is 17.2. The summed E-state index contributed by atoms with van der Waals surface area (Å²) in [6, 6.07) is 23.5. The maximum Gasteiger partial charge on any atom is 0.139 e. The predicted molar refractivity (Wildman–Crippen MR) is 187 cm³/mol. The number of ether oxygens (including phenoxy) is 1. The molecule has 46 heavy (non-hydrogen) atoms. The van der Waals surface area contributed by atoms with Crippen LogP contribution in [0.2, 0.25) is 0 Å². The van der Waals surface area contributed by atoms with E-state index < -0.39 is 0 Å². The first-order valence-corrected chi connectivity index (χ1v) is 17.2. The second-order valence-electron chi connectivity index (χ2n) is 14.4. The predicted octanol–water partition coefficient (Wildman–Crippen LogP) is 11.3. The number of phenols is 3. The Morgan fingerprint density at radius 2 is 0.891 bits per heavy atom. The molecule has 1 aliphatic heterocycles. The average Bonchev–Trinajstić information content (AvgIpc) is 3.08. The van der Waals surface area contributed by atoms with Crippen molar-refractivity contribution in [1.82, 2.24) is 0 Å². The SMILES string of the molecule is Cc1ccc2c3c(c4ccc(O)cc4c2c1)Oc1c(c2ccc(O)cc2c2cc(O)ccc12)C3C1CCC(C2CCCCC2)CC1. The Morgan fingerprint density at radius 1 is 0.457 bits per heavy atom. The lowest BCUT2D eigenvalue weighted by Gasteiger charge is -2.42. The van der Waals surface area contributed by atoms with Gasteiger partial charge in [-0.15, -0.1) is 0 Å². The fraction of sp³-hybridized carbons (Fsp3) is 0.333. The quantitative estimate of drug-likeness (QED) is 0.171. The van der Waals surface area contributed by atoms with Crippen LogP contribution in [0.1, 0.15) is 80.4 Å². The van der Waals surface area contributed by atoms with E-state index >= 15 is 0 Å². The van der Waals surface area contributed by atoms with Gasteiger partial charge in [-0.1, -0.05) is 61.9 Å². The molecule has 3 N–H and O–H groups in total. The Labute approximate surface area is 269 Å². The maximum absolute atomic E-state index is 10.7. The largest absolute Gasteiger partial charge is 0.508 e. The second kappa shape index (κ2) is 10.6. The van der Waals surface area contributed by atoms with Crippen LogP contribution in [-0.2, 0) is 0 Å². The molecule has 1 heterocycles. The first kappa shape index (κ1) is 27.8. The molecule has 0 amide bonds. The number of rotatable bonds is 2. The van der Waals surface area contributed by atoms with E-state index in [4.69, 9.17) is 4.74 Å². The van der Waals surface area contributed by atoms with Crippen LogP contribution >= 0.6 is 0 Å². The summed E-state index contributed by atoms with van der Waals surface area (Å²) in [5.74, 6) is 4.61. The van der Waals surface area contributed by atoms with Gasteiger partial charge in [0, 0.05) is 27.8 Å². The molecule has 1 unspecified atom stereocenters. The minimum Gasteiger partial charge on any atom is -0.508 e. The van der Waals surface area contributed by atoms with Crippen molar-refractivity contribution in [1.29, 1.82) is 0 Å². The molecule has 6 aromatic carbocycles. The molecular weight excluding hydrogens is 568 g/mol. The van der Waals surface area contributed by atoms with Gasteiger partial charge in [0.2, 0.25) is 0 Å². The molecule has 0 spiro atoms. The van der Waals surface area contributed by atoms with Gasteiger partial charge in [-0.25, -0.2) is 0 Å². The van der Waals surface area contributed by atoms with Crippen LogP contribution in [0.4, 0.5) is 0 Å². The number of benzene rings is 6. The van der Waals surface area contributed by atoms with E-state index in [0.29, 0.717) is 5.92 Å². The van der Waals surface area contributed by atoms with Gasteiger partial charge >= 0.3 is 0 Å². The lowest BCUT2D eigenvalue weighted by Crippen LogP contribution is -2.28. The van der Waals surface area contributed by atoms with E-state index in [1.807, 2.05) is 30.3 Å². The van der Waals surface area contributed by atoms with Crippen LogP contribution in [0.15, 0.2) is 72.8 Å². The van der Waals surface area contributed by atoms with E-state index in [2.05, 4.69) is 25.1 Å². The normalized spacial score (nSPS) is 21.8. The molecule has 1 atom stereocenters. The topological polar surface area (TPSA) is 69.9 Å². The molecule has 0 radical (unpaired) electrons. The number of hydrogen-bond donors (Lipinski definition) is 3. The number of aryl methyl sites for hydroxylation is 1.